The van der Waals surface area contributed by atoms with Crippen molar-refractivity contribution in [3.8, 4) is 0 Å². The van der Waals surface area contributed by atoms with Gasteiger partial charge in [-0.2, -0.15) is 0 Å². The highest BCUT2D eigenvalue weighted by Gasteiger charge is 2.28. The number of rotatable bonds is 5. The normalized spacial score (nSPS) is 18.9. The van der Waals surface area contributed by atoms with E-state index in [4.69, 9.17) is 0 Å². The van der Waals surface area contributed by atoms with E-state index in [1.807, 2.05) is 4.90 Å². The lowest BCUT2D eigenvalue weighted by Gasteiger charge is -2.35. The van der Waals surface area contributed by atoms with E-state index in [9.17, 15) is 18.0 Å². The fourth-order valence-electron chi connectivity index (χ4n) is 4.26. The molecule has 2 amide bonds. The summed E-state index contributed by atoms with van der Waals surface area (Å²) in [6, 6.07) is 6.32. The molecule has 0 N–H and O–H groups in total. The van der Waals surface area contributed by atoms with Crippen molar-refractivity contribution in [2.45, 2.75) is 49.8 Å². The third-order valence-electron chi connectivity index (χ3n) is 5.93. The first-order valence-corrected chi connectivity index (χ1v) is 12.1. The van der Waals surface area contributed by atoms with Crippen molar-refractivity contribution < 1.29 is 18.0 Å². The summed E-state index contributed by atoms with van der Waals surface area (Å²) in [6.07, 6.45) is 9.06. The molecule has 7 heteroatoms. The van der Waals surface area contributed by atoms with E-state index < -0.39 is 9.84 Å². The van der Waals surface area contributed by atoms with E-state index in [1.165, 1.54) is 38.2 Å². The van der Waals surface area contributed by atoms with Crippen molar-refractivity contribution in [1.29, 1.82) is 0 Å². The van der Waals surface area contributed by atoms with Gasteiger partial charge in [-0.3, -0.25) is 9.59 Å². The zero-order valence-electron chi connectivity index (χ0n) is 16.6. The standard InChI is InChI=1S/C21H30N2O4S/c1-28(26,27)19-10-6-5-9-18(19)21(25)23-15-13-22(14-16-23)20(24)12-11-17-7-3-2-4-8-17/h5-6,9-10,17H,2-4,7-8,11-16H2,1H3. The summed E-state index contributed by atoms with van der Waals surface area (Å²) in [4.78, 5) is 28.9. The summed E-state index contributed by atoms with van der Waals surface area (Å²) in [6.45, 7) is 1.89. The quantitative estimate of drug-likeness (QED) is 0.754. The molecule has 2 fully saturated rings. The lowest BCUT2D eigenvalue weighted by atomic mass is 9.86. The third kappa shape index (κ3) is 5.13. The van der Waals surface area contributed by atoms with Crippen molar-refractivity contribution in [1.82, 2.24) is 9.80 Å². The van der Waals surface area contributed by atoms with Gasteiger partial charge in [0, 0.05) is 38.9 Å². The van der Waals surface area contributed by atoms with Gasteiger partial charge in [0.2, 0.25) is 5.91 Å². The average molecular weight is 407 g/mol. The zero-order valence-corrected chi connectivity index (χ0v) is 17.4. The van der Waals surface area contributed by atoms with Crippen LogP contribution in [0.2, 0.25) is 0 Å². The van der Waals surface area contributed by atoms with Crippen LogP contribution in [0.1, 0.15) is 55.3 Å². The monoisotopic (exact) mass is 406 g/mol. The topological polar surface area (TPSA) is 74.8 Å². The number of hydrogen-bond acceptors (Lipinski definition) is 4. The fourth-order valence-corrected chi connectivity index (χ4v) is 5.14. The maximum absolute atomic E-state index is 12.8. The van der Waals surface area contributed by atoms with E-state index >= 15 is 0 Å². The van der Waals surface area contributed by atoms with Crippen LogP contribution in [0.5, 0.6) is 0 Å². The molecule has 1 aliphatic heterocycles. The van der Waals surface area contributed by atoms with Crippen LogP contribution >= 0.6 is 0 Å². The highest BCUT2D eigenvalue weighted by atomic mass is 32.2. The van der Waals surface area contributed by atoms with Crippen LogP contribution in [0.4, 0.5) is 0 Å². The van der Waals surface area contributed by atoms with Gasteiger partial charge in [0.25, 0.3) is 5.91 Å². The number of sulfone groups is 1. The molecule has 0 radical (unpaired) electrons. The Morgan fingerprint density at radius 1 is 0.964 bits per heavy atom. The van der Waals surface area contributed by atoms with Crippen LogP contribution in [0, 0.1) is 5.92 Å². The summed E-state index contributed by atoms with van der Waals surface area (Å²) in [7, 11) is -3.47. The van der Waals surface area contributed by atoms with Crippen molar-refractivity contribution in [3.63, 3.8) is 0 Å². The van der Waals surface area contributed by atoms with Gasteiger partial charge >= 0.3 is 0 Å². The summed E-state index contributed by atoms with van der Waals surface area (Å²) < 4.78 is 23.9. The molecule has 0 spiro atoms. The van der Waals surface area contributed by atoms with Gasteiger partial charge in [-0.1, -0.05) is 44.2 Å². The van der Waals surface area contributed by atoms with Crippen molar-refractivity contribution in [2.75, 3.05) is 32.4 Å². The zero-order chi connectivity index (χ0) is 20.1. The predicted octanol–water partition coefficient (Wildman–Crippen LogP) is 2.74. The number of carbonyl (C=O) groups is 2. The highest BCUT2D eigenvalue weighted by Crippen LogP contribution is 2.27. The number of nitrogens with zero attached hydrogens (tertiary/aromatic N) is 2. The Morgan fingerprint density at radius 2 is 1.57 bits per heavy atom. The van der Waals surface area contributed by atoms with E-state index in [2.05, 4.69) is 0 Å². The van der Waals surface area contributed by atoms with Gasteiger partial charge in [-0.15, -0.1) is 0 Å². The van der Waals surface area contributed by atoms with Crippen LogP contribution in [0.25, 0.3) is 0 Å². The first kappa shape index (κ1) is 20.8. The van der Waals surface area contributed by atoms with E-state index in [1.54, 1.807) is 23.1 Å². The number of benzene rings is 1. The molecule has 1 saturated carbocycles. The number of hydrogen-bond donors (Lipinski definition) is 0. The largest absolute Gasteiger partial charge is 0.339 e. The van der Waals surface area contributed by atoms with E-state index in [0.717, 1.165) is 12.7 Å². The minimum atomic E-state index is -3.47. The molecule has 28 heavy (non-hydrogen) atoms. The summed E-state index contributed by atoms with van der Waals surface area (Å²) in [5.41, 5.74) is 0.210. The molecule has 1 aromatic carbocycles. The molecule has 0 unspecified atom stereocenters. The van der Waals surface area contributed by atoms with Gasteiger partial charge < -0.3 is 9.80 Å². The van der Waals surface area contributed by atoms with Crippen LogP contribution in [0.15, 0.2) is 29.2 Å². The van der Waals surface area contributed by atoms with Gasteiger partial charge in [0.1, 0.15) is 0 Å². The van der Waals surface area contributed by atoms with Crippen molar-refractivity contribution >= 4 is 21.7 Å². The Bertz CT molecular complexity index is 807. The highest BCUT2D eigenvalue weighted by molar-refractivity contribution is 7.90. The Hall–Kier alpha value is -1.89. The van der Waals surface area contributed by atoms with Crippen LogP contribution in [0.3, 0.4) is 0 Å². The lowest BCUT2D eigenvalue weighted by molar-refractivity contribution is -0.133. The number of carbonyl (C=O) groups excluding carboxylic acids is 2. The number of piperazine rings is 1. The molecule has 1 aromatic rings. The Kier molecular flexibility index (Phi) is 6.75. The van der Waals surface area contributed by atoms with Gasteiger partial charge in [0.05, 0.1) is 10.5 Å². The molecule has 0 bridgehead atoms. The minimum absolute atomic E-state index is 0.0611. The smallest absolute Gasteiger partial charge is 0.255 e. The van der Waals surface area contributed by atoms with Gasteiger partial charge in [-0.25, -0.2) is 8.42 Å². The molecule has 6 nitrogen and oxygen atoms in total. The fraction of sp³-hybridized carbons (Fsp3) is 0.619. The van der Waals surface area contributed by atoms with Crippen LogP contribution in [-0.2, 0) is 14.6 Å². The molecule has 1 aliphatic carbocycles. The summed E-state index contributed by atoms with van der Waals surface area (Å²) in [5.74, 6) is 0.581. The number of amides is 2. The first-order valence-electron chi connectivity index (χ1n) is 10.2. The second kappa shape index (κ2) is 9.07. The summed E-state index contributed by atoms with van der Waals surface area (Å²) in [5, 5.41) is 0. The summed E-state index contributed by atoms with van der Waals surface area (Å²) >= 11 is 0. The molecule has 3 rings (SSSR count). The van der Waals surface area contributed by atoms with E-state index in [0.29, 0.717) is 38.5 Å². The second-order valence-electron chi connectivity index (χ2n) is 7.98. The van der Waals surface area contributed by atoms with Crippen molar-refractivity contribution in [3.05, 3.63) is 29.8 Å². The first-order chi connectivity index (χ1) is 13.4. The van der Waals surface area contributed by atoms with Crippen LogP contribution in [-0.4, -0.2) is 62.5 Å². The van der Waals surface area contributed by atoms with Crippen molar-refractivity contribution in [2.24, 2.45) is 5.92 Å². The third-order valence-corrected chi connectivity index (χ3v) is 7.08. The Morgan fingerprint density at radius 3 is 2.21 bits per heavy atom. The lowest BCUT2D eigenvalue weighted by Crippen LogP contribution is -2.50. The molecule has 0 atom stereocenters. The Balaban J connectivity index is 1.54. The van der Waals surface area contributed by atoms with Gasteiger partial charge in [-0.05, 0) is 24.5 Å². The van der Waals surface area contributed by atoms with Crippen LogP contribution < -0.4 is 0 Å². The molecular formula is C21H30N2O4S. The second-order valence-corrected chi connectivity index (χ2v) is 9.97. The Labute approximate surface area is 167 Å². The maximum atomic E-state index is 12.8. The molecule has 0 aromatic heterocycles. The molecule has 1 saturated heterocycles. The SMILES string of the molecule is CS(=O)(=O)c1ccccc1C(=O)N1CCN(C(=O)CCC2CCCCC2)CC1. The minimum Gasteiger partial charge on any atom is -0.339 e. The average Bonchev–Trinajstić information content (AvgIpc) is 2.72. The molecular weight excluding hydrogens is 376 g/mol. The molecule has 2 aliphatic rings. The predicted molar refractivity (Wildman–Crippen MR) is 108 cm³/mol. The van der Waals surface area contributed by atoms with E-state index in [-0.39, 0.29) is 22.3 Å². The maximum Gasteiger partial charge on any atom is 0.255 e. The molecule has 1 heterocycles. The van der Waals surface area contributed by atoms with Gasteiger partial charge in [0.15, 0.2) is 9.84 Å². The molecule has 154 valence electrons.